The number of piperidine rings is 1. The van der Waals surface area contributed by atoms with E-state index in [9.17, 15) is 24.0 Å². The Balaban J connectivity index is 0.949. The molecule has 3 N–H and O–H groups in total. The molecule has 14 heteroatoms. The van der Waals surface area contributed by atoms with Crippen molar-refractivity contribution >= 4 is 46.2 Å². The average Bonchev–Trinajstić information content (AvgIpc) is 3.80. The van der Waals surface area contributed by atoms with Gasteiger partial charge in [-0.05, 0) is 36.8 Å². The summed E-state index contributed by atoms with van der Waals surface area (Å²) in [6.07, 6.45) is 5.85. The molecule has 0 radical (unpaired) electrons. The van der Waals surface area contributed by atoms with Crippen molar-refractivity contribution in [1.29, 1.82) is 0 Å². The first-order chi connectivity index (χ1) is 23.4. The molecule has 0 saturated carbocycles. The number of imide groups is 2. The number of rotatable bonds is 11. The minimum Gasteiger partial charge on any atom is -0.459 e. The largest absolute Gasteiger partial charge is 0.459 e. The molecule has 0 spiro atoms. The maximum absolute atomic E-state index is 13.3. The zero-order valence-corrected chi connectivity index (χ0v) is 25.6. The second kappa shape index (κ2) is 12.9. The maximum atomic E-state index is 13.3. The summed E-state index contributed by atoms with van der Waals surface area (Å²) in [7, 11) is 0. The highest BCUT2D eigenvalue weighted by atomic mass is 16.3. The van der Waals surface area contributed by atoms with Gasteiger partial charge in [0, 0.05) is 61.0 Å². The van der Waals surface area contributed by atoms with E-state index in [1.54, 1.807) is 41.5 Å². The van der Waals surface area contributed by atoms with Crippen LogP contribution < -0.4 is 16.0 Å². The minimum absolute atomic E-state index is 0.0503. The molecule has 5 heterocycles. The number of benzene rings is 2. The van der Waals surface area contributed by atoms with E-state index in [1.165, 1.54) is 0 Å². The zero-order chi connectivity index (χ0) is 33.2. The lowest BCUT2D eigenvalue weighted by Crippen LogP contribution is -2.54. The second-order valence-corrected chi connectivity index (χ2v) is 11.5. The number of nitrogens with zero attached hydrogens (tertiary/aromatic N) is 5. The quantitative estimate of drug-likeness (QED) is 0.181. The van der Waals surface area contributed by atoms with Gasteiger partial charge in [-0.15, -0.1) is 5.10 Å². The van der Waals surface area contributed by atoms with Crippen LogP contribution in [-0.4, -0.2) is 67.0 Å². The van der Waals surface area contributed by atoms with Gasteiger partial charge >= 0.3 is 0 Å². The van der Waals surface area contributed by atoms with Gasteiger partial charge in [0.05, 0.1) is 23.4 Å². The molecule has 2 atom stereocenters. The number of carbonyl (C=O) groups excluding carboxylic acids is 5. The number of fused-ring (bicyclic) bond motifs is 2. The van der Waals surface area contributed by atoms with E-state index in [2.05, 4.69) is 31.2 Å². The number of aryl methyl sites for hydroxylation is 1. The number of hydrogen-bond acceptors (Lipinski definition) is 10. The predicted molar refractivity (Wildman–Crippen MR) is 170 cm³/mol. The molecule has 2 aromatic carbocycles. The van der Waals surface area contributed by atoms with Gasteiger partial charge in [0.1, 0.15) is 23.4 Å². The van der Waals surface area contributed by atoms with Crippen LogP contribution in [0.15, 0.2) is 83.7 Å². The van der Waals surface area contributed by atoms with Gasteiger partial charge in [-0.2, -0.15) is 0 Å². The first-order valence-electron chi connectivity index (χ1n) is 15.5. The molecule has 14 nitrogen and oxygen atoms in total. The van der Waals surface area contributed by atoms with Crippen LogP contribution in [0.25, 0.3) is 11.0 Å². The number of para-hydroxylation sites is 1. The van der Waals surface area contributed by atoms with E-state index >= 15 is 0 Å². The van der Waals surface area contributed by atoms with E-state index in [1.807, 2.05) is 42.5 Å². The fourth-order valence-corrected chi connectivity index (χ4v) is 6.01. The van der Waals surface area contributed by atoms with Crippen LogP contribution in [0.4, 0.5) is 5.69 Å². The van der Waals surface area contributed by atoms with E-state index in [0.717, 1.165) is 21.4 Å². The van der Waals surface area contributed by atoms with E-state index in [0.29, 0.717) is 36.7 Å². The Labute approximate surface area is 273 Å². The third-order valence-electron chi connectivity index (χ3n) is 8.37. The number of amides is 5. The van der Waals surface area contributed by atoms with Gasteiger partial charge in [0.2, 0.25) is 17.7 Å². The van der Waals surface area contributed by atoms with Gasteiger partial charge in [-0.1, -0.05) is 35.5 Å². The van der Waals surface area contributed by atoms with Crippen molar-refractivity contribution in [3.8, 4) is 0 Å². The first-order valence-corrected chi connectivity index (χ1v) is 15.5. The Kier molecular flexibility index (Phi) is 8.19. The molecule has 1 fully saturated rings. The van der Waals surface area contributed by atoms with Crippen molar-refractivity contribution in [1.82, 2.24) is 35.5 Å². The summed E-state index contributed by atoms with van der Waals surface area (Å²) in [5.41, 5.74) is 3.03. The molecule has 2 aliphatic rings. The van der Waals surface area contributed by atoms with Gasteiger partial charge in [-0.3, -0.25) is 43.9 Å². The maximum Gasteiger partial charge on any atom is 0.264 e. The monoisotopic (exact) mass is 646 g/mol. The van der Waals surface area contributed by atoms with Crippen LogP contribution in [0.5, 0.6) is 0 Å². The number of anilines is 1. The lowest BCUT2D eigenvalue weighted by atomic mass is 10.0. The van der Waals surface area contributed by atoms with Crippen LogP contribution in [0, 0.1) is 0 Å². The number of hydrogen-bond donors (Lipinski definition) is 3. The van der Waals surface area contributed by atoms with E-state index in [-0.39, 0.29) is 36.3 Å². The summed E-state index contributed by atoms with van der Waals surface area (Å²) in [6, 6.07) is 16.6. The minimum atomic E-state index is -1.04. The molecule has 5 amide bonds. The van der Waals surface area contributed by atoms with Gasteiger partial charge in [0.15, 0.2) is 0 Å². The molecule has 7 rings (SSSR count). The Morgan fingerprint density at radius 3 is 2.73 bits per heavy atom. The molecular formula is C34H30N8O6. The highest BCUT2D eigenvalue weighted by Crippen LogP contribution is 2.32. The molecule has 2 aliphatic heterocycles. The summed E-state index contributed by atoms with van der Waals surface area (Å²) < 4.78 is 7.65. The van der Waals surface area contributed by atoms with Crippen molar-refractivity contribution in [2.75, 3.05) is 11.9 Å². The average molecular weight is 647 g/mol. The molecule has 1 saturated heterocycles. The lowest BCUT2D eigenvalue weighted by Gasteiger charge is -2.27. The number of aromatic nitrogens is 4. The Bertz CT molecular complexity index is 2020. The Morgan fingerprint density at radius 2 is 1.92 bits per heavy atom. The van der Waals surface area contributed by atoms with E-state index in [4.69, 9.17) is 4.42 Å². The zero-order valence-electron chi connectivity index (χ0n) is 25.6. The van der Waals surface area contributed by atoms with Crippen LogP contribution in [0.3, 0.4) is 0 Å². The van der Waals surface area contributed by atoms with Crippen molar-refractivity contribution in [2.24, 2.45) is 0 Å². The van der Waals surface area contributed by atoms with Crippen molar-refractivity contribution in [3.63, 3.8) is 0 Å². The smallest absolute Gasteiger partial charge is 0.264 e. The lowest BCUT2D eigenvalue weighted by molar-refractivity contribution is -0.136. The summed E-state index contributed by atoms with van der Waals surface area (Å²) in [6.45, 7) is 0.672. The molecule has 5 aromatic rings. The number of furan rings is 1. The fourth-order valence-electron chi connectivity index (χ4n) is 6.01. The van der Waals surface area contributed by atoms with E-state index < -0.39 is 35.7 Å². The number of pyridine rings is 1. The molecule has 2 unspecified atom stereocenters. The van der Waals surface area contributed by atoms with Crippen LogP contribution >= 0.6 is 0 Å². The number of nitrogens with one attached hydrogen (secondary N) is 3. The van der Waals surface area contributed by atoms with Crippen LogP contribution in [-0.2, 0) is 27.3 Å². The molecule has 0 bridgehead atoms. The molecule has 48 heavy (non-hydrogen) atoms. The third kappa shape index (κ3) is 6.02. The Morgan fingerprint density at radius 1 is 1.04 bits per heavy atom. The van der Waals surface area contributed by atoms with Crippen molar-refractivity contribution in [3.05, 3.63) is 107 Å². The normalized spacial score (nSPS) is 16.6. The SMILES string of the molecule is O=C1CCC(N2C(=O)c3cccc(NCCc4cn(CCC(=O)NC(c5cccnc5)c5cc6ccccc6o5)nn4)c3C2=O)C(=O)N1. The molecular weight excluding hydrogens is 616 g/mol. The standard InChI is InChI=1S/C34H30N8O6/c43-28-11-10-25(32(45)38-28)42-33(46)23-7-3-8-24(30(23)34(42)47)36-15-12-22-19-41(40-39-22)16-13-29(44)37-31(21-6-4-14-35-18-21)27-17-20-5-1-2-9-26(20)48-27/h1-9,14,17-19,25,31,36H,10-13,15-16H2,(H,37,44)(H,38,43,45). The first kappa shape index (κ1) is 30.5. The molecule has 242 valence electrons. The molecule has 0 aliphatic carbocycles. The summed E-state index contributed by atoms with van der Waals surface area (Å²) in [4.78, 5) is 68.6. The van der Waals surface area contributed by atoms with Crippen molar-refractivity contribution in [2.45, 2.75) is 44.3 Å². The molecule has 3 aromatic heterocycles. The summed E-state index contributed by atoms with van der Waals surface area (Å²) in [5.74, 6) is -1.83. The number of carbonyl (C=O) groups is 5. The van der Waals surface area contributed by atoms with Gasteiger partial charge < -0.3 is 15.1 Å². The summed E-state index contributed by atoms with van der Waals surface area (Å²) >= 11 is 0. The van der Waals surface area contributed by atoms with Gasteiger partial charge in [0.25, 0.3) is 11.8 Å². The fraction of sp³-hybridized carbons (Fsp3) is 0.235. The summed E-state index contributed by atoms with van der Waals surface area (Å²) in [5, 5.41) is 17.8. The highest BCUT2D eigenvalue weighted by molar-refractivity contribution is 6.25. The Hall–Kier alpha value is -6.18. The van der Waals surface area contributed by atoms with Crippen molar-refractivity contribution < 1.29 is 28.4 Å². The topological polar surface area (TPSA) is 181 Å². The van der Waals surface area contributed by atoms with Crippen LogP contribution in [0.2, 0.25) is 0 Å². The van der Waals surface area contributed by atoms with Crippen LogP contribution in [0.1, 0.15) is 63.0 Å². The second-order valence-electron chi connectivity index (χ2n) is 11.5. The third-order valence-corrected chi connectivity index (χ3v) is 8.37. The highest BCUT2D eigenvalue weighted by Gasteiger charge is 2.45. The predicted octanol–water partition coefficient (Wildman–Crippen LogP) is 2.77. The van der Waals surface area contributed by atoms with Gasteiger partial charge in [-0.25, -0.2) is 0 Å².